The summed E-state index contributed by atoms with van der Waals surface area (Å²) in [5.74, 6) is -1.27. The number of hydrogen-bond acceptors (Lipinski definition) is 3. The number of benzene rings is 1. The molecule has 0 unspecified atom stereocenters. The van der Waals surface area contributed by atoms with E-state index in [0.29, 0.717) is 5.69 Å². The number of aromatic nitrogens is 2. The minimum absolute atomic E-state index is 0.144. The van der Waals surface area contributed by atoms with Gasteiger partial charge in [-0.25, -0.2) is 9.78 Å². The highest BCUT2D eigenvalue weighted by Gasteiger charge is 2.19. The third-order valence-corrected chi connectivity index (χ3v) is 2.61. The van der Waals surface area contributed by atoms with Crippen molar-refractivity contribution < 1.29 is 14.3 Å². The summed E-state index contributed by atoms with van der Waals surface area (Å²) in [6.45, 7) is 0. The summed E-state index contributed by atoms with van der Waals surface area (Å²) < 4.78 is 4.87. The molecule has 0 bridgehead atoms. The molecule has 0 aliphatic carbocycles. The van der Waals surface area contributed by atoms with Gasteiger partial charge in [-0.1, -0.05) is 18.2 Å². The fraction of sp³-hybridized carbons (Fsp3) is 0. The van der Waals surface area contributed by atoms with Crippen molar-refractivity contribution in [2.75, 3.05) is 0 Å². The van der Waals surface area contributed by atoms with Crippen LogP contribution in [0.4, 0.5) is 0 Å². The Labute approximate surface area is 95.7 Å². The topological polar surface area (TPSA) is 79.1 Å². The molecule has 3 rings (SSSR count). The van der Waals surface area contributed by atoms with Crippen LogP contribution in [0.5, 0.6) is 0 Å². The molecule has 84 valence electrons. The molecule has 2 aromatic heterocycles. The van der Waals surface area contributed by atoms with Gasteiger partial charge in [0.05, 0.1) is 0 Å². The van der Waals surface area contributed by atoms with Crippen LogP contribution in [0.25, 0.3) is 22.2 Å². The molecule has 0 saturated heterocycles. The van der Waals surface area contributed by atoms with Gasteiger partial charge in [0.15, 0.2) is 6.39 Å². The number of hydrogen-bond donors (Lipinski definition) is 2. The van der Waals surface area contributed by atoms with Gasteiger partial charge in [0.25, 0.3) is 0 Å². The molecule has 0 saturated carbocycles. The Bertz CT molecular complexity index is 696. The highest BCUT2D eigenvalue weighted by molar-refractivity contribution is 6.00. The zero-order valence-electron chi connectivity index (χ0n) is 8.68. The molecule has 17 heavy (non-hydrogen) atoms. The van der Waals surface area contributed by atoms with Crippen molar-refractivity contribution >= 4 is 16.9 Å². The van der Waals surface area contributed by atoms with Crippen LogP contribution < -0.4 is 0 Å². The van der Waals surface area contributed by atoms with Crippen molar-refractivity contribution in [1.82, 2.24) is 9.97 Å². The van der Waals surface area contributed by atoms with Crippen LogP contribution in [0.2, 0.25) is 0 Å². The first-order valence-corrected chi connectivity index (χ1v) is 5.00. The van der Waals surface area contributed by atoms with Crippen LogP contribution in [0.1, 0.15) is 10.6 Å². The lowest BCUT2D eigenvalue weighted by molar-refractivity contribution is 0.0663. The van der Waals surface area contributed by atoms with Crippen molar-refractivity contribution in [3.8, 4) is 11.3 Å². The smallest absolute Gasteiger partial charge is 0.374 e. The van der Waals surface area contributed by atoms with Crippen molar-refractivity contribution in [2.45, 2.75) is 0 Å². The zero-order chi connectivity index (χ0) is 11.8. The quantitative estimate of drug-likeness (QED) is 0.706. The fourth-order valence-electron chi connectivity index (χ4n) is 1.86. The van der Waals surface area contributed by atoms with Gasteiger partial charge >= 0.3 is 5.97 Å². The van der Waals surface area contributed by atoms with Crippen LogP contribution in [0.3, 0.4) is 0 Å². The summed E-state index contributed by atoms with van der Waals surface area (Å²) in [6, 6.07) is 7.62. The summed E-state index contributed by atoms with van der Waals surface area (Å²) in [5, 5.41) is 9.90. The molecule has 0 aliphatic rings. The summed E-state index contributed by atoms with van der Waals surface area (Å²) in [6.07, 6.45) is 2.87. The maximum atomic E-state index is 11.0. The summed E-state index contributed by atoms with van der Waals surface area (Å²) in [7, 11) is 0. The van der Waals surface area contributed by atoms with Gasteiger partial charge in [-0.3, -0.25) is 0 Å². The summed E-state index contributed by atoms with van der Waals surface area (Å²) >= 11 is 0. The van der Waals surface area contributed by atoms with E-state index < -0.39 is 5.97 Å². The molecule has 5 nitrogen and oxygen atoms in total. The molecule has 3 aromatic rings. The second kappa shape index (κ2) is 3.48. The van der Waals surface area contributed by atoms with E-state index in [9.17, 15) is 4.79 Å². The van der Waals surface area contributed by atoms with Gasteiger partial charge in [-0.05, 0) is 6.07 Å². The van der Waals surface area contributed by atoms with Crippen molar-refractivity contribution in [1.29, 1.82) is 0 Å². The Morgan fingerprint density at radius 2 is 2.18 bits per heavy atom. The number of carbonyl (C=O) groups is 1. The molecular formula is C12H8N2O3. The lowest BCUT2D eigenvalue weighted by atomic mass is 10.1. The number of carboxylic acids is 1. The molecule has 0 spiro atoms. The second-order valence-electron chi connectivity index (χ2n) is 3.58. The van der Waals surface area contributed by atoms with Gasteiger partial charge in [0, 0.05) is 22.7 Å². The number of rotatable bonds is 2. The Hall–Kier alpha value is -2.56. The number of H-pyrrole nitrogens is 1. The summed E-state index contributed by atoms with van der Waals surface area (Å²) in [5.41, 5.74) is 2.00. The lowest BCUT2D eigenvalue weighted by Crippen LogP contribution is -1.96. The van der Waals surface area contributed by atoms with Crippen LogP contribution >= 0.6 is 0 Å². The number of fused-ring (bicyclic) bond motifs is 1. The van der Waals surface area contributed by atoms with Gasteiger partial charge < -0.3 is 14.5 Å². The number of aromatic amines is 1. The fourth-order valence-corrected chi connectivity index (χ4v) is 1.86. The van der Waals surface area contributed by atoms with Crippen LogP contribution in [0.15, 0.2) is 41.3 Å². The Kier molecular flexibility index (Phi) is 1.98. The predicted octanol–water partition coefficient (Wildman–Crippen LogP) is 2.52. The minimum Gasteiger partial charge on any atom is -0.475 e. The molecule has 5 heteroatoms. The maximum absolute atomic E-state index is 11.0. The first kappa shape index (κ1) is 9.65. The molecule has 2 N–H and O–H groups in total. The number of nitrogens with one attached hydrogen (secondary N) is 1. The van der Waals surface area contributed by atoms with Gasteiger partial charge in [0.1, 0.15) is 5.69 Å². The Balaban J connectivity index is 2.28. The molecular weight excluding hydrogens is 220 g/mol. The molecule has 0 aliphatic heterocycles. The van der Waals surface area contributed by atoms with Crippen molar-refractivity contribution in [2.24, 2.45) is 0 Å². The van der Waals surface area contributed by atoms with E-state index >= 15 is 0 Å². The predicted molar refractivity (Wildman–Crippen MR) is 60.8 cm³/mol. The highest BCUT2D eigenvalue weighted by atomic mass is 16.4. The van der Waals surface area contributed by atoms with E-state index in [4.69, 9.17) is 9.52 Å². The molecule has 2 heterocycles. The minimum atomic E-state index is -1.12. The third-order valence-electron chi connectivity index (χ3n) is 2.61. The van der Waals surface area contributed by atoms with Gasteiger partial charge in [-0.15, -0.1) is 0 Å². The largest absolute Gasteiger partial charge is 0.475 e. The zero-order valence-corrected chi connectivity index (χ0v) is 8.68. The average molecular weight is 228 g/mol. The van der Waals surface area contributed by atoms with E-state index in [-0.39, 0.29) is 5.76 Å². The van der Waals surface area contributed by atoms with E-state index in [1.165, 1.54) is 0 Å². The van der Waals surface area contributed by atoms with Crippen molar-refractivity contribution in [3.05, 3.63) is 42.6 Å². The van der Waals surface area contributed by atoms with Gasteiger partial charge in [0.2, 0.25) is 5.76 Å². The second-order valence-corrected chi connectivity index (χ2v) is 3.58. The normalized spacial score (nSPS) is 10.8. The third kappa shape index (κ3) is 1.40. The van der Waals surface area contributed by atoms with Crippen LogP contribution in [0, 0.1) is 0 Å². The monoisotopic (exact) mass is 228 g/mol. The first-order chi connectivity index (χ1) is 8.27. The maximum Gasteiger partial charge on any atom is 0.374 e. The molecule has 0 radical (unpaired) electrons. The molecule has 0 amide bonds. The van der Waals surface area contributed by atoms with E-state index in [0.717, 1.165) is 22.9 Å². The average Bonchev–Trinajstić information content (AvgIpc) is 2.94. The van der Waals surface area contributed by atoms with Crippen LogP contribution in [-0.2, 0) is 0 Å². The molecule has 1 aromatic carbocycles. The number of nitrogens with zero attached hydrogens (tertiary/aromatic N) is 1. The Morgan fingerprint density at radius 3 is 3.00 bits per heavy atom. The van der Waals surface area contributed by atoms with E-state index in [1.807, 2.05) is 24.3 Å². The highest BCUT2D eigenvalue weighted by Crippen LogP contribution is 2.29. The van der Waals surface area contributed by atoms with E-state index in [2.05, 4.69) is 9.97 Å². The van der Waals surface area contributed by atoms with E-state index in [1.54, 1.807) is 6.20 Å². The number of oxazole rings is 1. The molecule has 0 atom stereocenters. The molecule has 0 fully saturated rings. The summed E-state index contributed by atoms with van der Waals surface area (Å²) in [4.78, 5) is 18.0. The Morgan fingerprint density at radius 1 is 1.35 bits per heavy atom. The number of aromatic carboxylic acids is 1. The number of para-hydroxylation sites is 1. The first-order valence-electron chi connectivity index (χ1n) is 5.00. The number of carboxylic acid groups (broad SMARTS) is 1. The van der Waals surface area contributed by atoms with Crippen LogP contribution in [-0.4, -0.2) is 21.0 Å². The standard InChI is InChI=1S/C12H8N2O3/c15-12(16)11-10(14-6-17-11)8-5-13-9-4-2-1-3-7(8)9/h1-6,13H,(H,15,16). The van der Waals surface area contributed by atoms with Gasteiger partial charge in [-0.2, -0.15) is 0 Å². The lowest BCUT2D eigenvalue weighted by Gasteiger charge is -1.95. The SMILES string of the molecule is O=C(O)c1ocnc1-c1c[nH]c2ccccc12. The van der Waals surface area contributed by atoms with Crippen molar-refractivity contribution in [3.63, 3.8) is 0 Å².